The zero-order valence-electron chi connectivity index (χ0n) is 17.1. The first kappa shape index (κ1) is 22.0. The Labute approximate surface area is 167 Å². The summed E-state index contributed by atoms with van der Waals surface area (Å²) in [6.07, 6.45) is 0. The van der Waals surface area contributed by atoms with Gasteiger partial charge in [-0.15, -0.1) is 0 Å². The van der Waals surface area contributed by atoms with E-state index in [1.165, 1.54) is 12.1 Å². The molecule has 1 amide bonds. The second kappa shape index (κ2) is 10.9. The first-order valence-electron chi connectivity index (χ1n) is 9.84. The summed E-state index contributed by atoms with van der Waals surface area (Å²) in [5, 5.41) is 18.6. The standard InChI is InChI=1S/C20H33N5O3/c1-4-21-19(24-15-20(2,3)25-11-13-28-14-12-25)23-10-9-22-18(27)16-5-7-17(26)8-6-16/h5-8,26H,4,9-15H2,1-3H3,(H,22,27)(H2,21,23,24). The maximum absolute atomic E-state index is 12.1. The Kier molecular flexibility index (Phi) is 8.53. The molecule has 0 bridgehead atoms. The first-order chi connectivity index (χ1) is 13.4. The van der Waals surface area contributed by atoms with Crippen LogP contribution in [0.5, 0.6) is 5.75 Å². The van der Waals surface area contributed by atoms with Crippen molar-refractivity contribution in [2.45, 2.75) is 26.3 Å². The second-order valence-electron chi connectivity index (χ2n) is 7.34. The number of carbonyl (C=O) groups excluding carboxylic acids is 1. The summed E-state index contributed by atoms with van der Waals surface area (Å²) in [5.74, 6) is 0.713. The van der Waals surface area contributed by atoms with Crippen molar-refractivity contribution in [1.82, 2.24) is 20.9 Å². The molecule has 0 radical (unpaired) electrons. The lowest BCUT2D eigenvalue weighted by atomic mass is 10.0. The van der Waals surface area contributed by atoms with Crippen molar-refractivity contribution in [3.8, 4) is 5.75 Å². The van der Waals surface area contributed by atoms with Crippen molar-refractivity contribution in [2.75, 3.05) is 52.5 Å². The maximum atomic E-state index is 12.1. The van der Waals surface area contributed by atoms with Crippen LogP contribution >= 0.6 is 0 Å². The highest BCUT2D eigenvalue weighted by Gasteiger charge is 2.28. The number of phenols is 1. The summed E-state index contributed by atoms with van der Waals surface area (Å²) in [7, 11) is 0. The maximum Gasteiger partial charge on any atom is 0.251 e. The average Bonchev–Trinajstić information content (AvgIpc) is 2.70. The molecule has 8 heteroatoms. The number of benzene rings is 1. The highest BCUT2D eigenvalue weighted by atomic mass is 16.5. The molecule has 1 aliphatic heterocycles. The van der Waals surface area contributed by atoms with Crippen LogP contribution in [0.15, 0.2) is 29.3 Å². The number of amides is 1. The molecular formula is C20H33N5O3. The number of guanidine groups is 1. The molecule has 0 saturated carbocycles. The van der Waals surface area contributed by atoms with Crippen LogP contribution in [0.4, 0.5) is 0 Å². The van der Waals surface area contributed by atoms with Crippen molar-refractivity contribution in [2.24, 2.45) is 4.99 Å². The third kappa shape index (κ3) is 7.01. The van der Waals surface area contributed by atoms with Gasteiger partial charge < -0.3 is 25.8 Å². The Balaban J connectivity index is 1.78. The molecule has 0 unspecified atom stereocenters. The van der Waals surface area contributed by atoms with Gasteiger partial charge in [0.2, 0.25) is 0 Å². The minimum Gasteiger partial charge on any atom is -0.508 e. The summed E-state index contributed by atoms with van der Waals surface area (Å²) in [5.41, 5.74) is 0.477. The van der Waals surface area contributed by atoms with Crippen LogP contribution in [-0.2, 0) is 4.74 Å². The minimum absolute atomic E-state index is 0.0424. The molecule has 2 rings (SSSR count). The largest absolute Gasteiger partial charge is 0.508 e. The number of hydrogen-bond donors (Lipinski definition) is 4. The zero-order chi connectivity index (χ0) is 20.4. The van der Waals surface area contributed by atoms with Gasteiger partial charge in [-0.2, -0.15) is 0 Å². The molecule has 28 heavy (non-hydrogen) atoms. The van der Waals surface area contributed by atoms with Gasteiger partial charge in [0.15, 0.2) is 5.96 Å². The molecular weight excluding hydrogens is 358 g/mol. The normalized spacial score (nSPS) is 15.9. The molecule has 1 heterocycles. The van der Waals surface area contributed by atoms with Gasteiger partial charge in [0, 0.05) is 43.8 Å². The topological polar surface area (TPSA) is 98.2 Å². The van der Waals surface area contributed by atoms with Crippen LogP contribution in [0.25, 0.3) is 0 Å². The number of aliphatic imine (C=N–C) groups is 1. The molecule has 1 saturated heterocycles. The van der Waals surface area contributed by atoms with Crippen molar-refractivity contribution in [1.29, 1.82) is 0 Å². The summed E-state index contributed by atoms with van der Waals surface area (Å²) in [4.78, 5) is 19.2. The molecule has 1 aromatic carbocycles. The fraction of sp³-hybridized carbons (Fsp3) is 0.600. The number of nitrogens with one attached hydrogen (secondary N) is 3. The highest BCUT2D eigenvalue weighted by Crippen LogP contribution is 2.16. The minimum atomic E-state index is -0.169. The predicted octanol–water partition coefficient (Wildman–Crippen LogP) is 0.788. The van der Waals surface area contributed by atoms with Crippen molar-refractivity contribution in [3.63, 3.8) is 0 Å². The van der Waals surface area contributed by atoms with Gasteiger partial charge in [-0.25, -0.2) is 0 Å². The van der Waals surface area contributed by atoms with Crippen LogP contribution in [0.2, 0.25) is 0 Å². The first-order valence-corrected chi connectivity index (χ1v) is 9.84. The lowest BCUT2D eigenvalue weighted by molar-refractivity contribution is -0.00683. The number of hydrogen-bond acceptors (Lipinski definition) is 5. The third-order valence-corrected chi connectivity index (χ3v) is 4.67. The van der Waals surface area contributed by atoms with Crippen LogP contribution < -0.4 is 16.0 Å². The Morgan fingerprint density at radius 3 is 2.43 bits per heavy atom. The number of phenolic OH excluding ortho intramolecular Hbond substituents is 1. The van der Waals surface area contributed by atoms with Gasteiger partial charge in [0.1, 0.15) is 5.75 Å². The Morgan fingerprint density at radius 2 is 1.79 bits per heavy atom. The van der Waals surface area contributed by atoms with Crippen molar-refractivity contribution >= 4 is 11.9 Å². The van der Waals surface area contributed by atoms with Crippen molar-refractivity contribution in [3.05, 3.63) is 29.8 Å². The van der Waals surface area contributed by atoms with Crippen molar-refractivity contribution < 1.29 is 14.6 Å². The molecule has 4 N–H and O–H groups in total. The number of rotatable bonds is 8. The number of ether oxygens (including phenoxy) is 1. The third-order valence-electron chi connectivity index (χ3n) is 4.67. The number of nitrogens with zero attached hydrogens (tertiary/aromatic N) is 2. The van der Waals surface area contributed by atoms with Gasteiger partial charge in [0.25, 0.3) is 5.91 Å². The van der Waals surface area contributed by atoms with Crippen LogP contribution in [0.1, 0.15) is 31.1 Å². The van der Waals surface area contributed by atoms with Gasteiger partial charge in [-0.3, -0.25) is 14.7 Å². The van der Waals surface area contributed by atoms with E-state index in [0.29, 0.717) is 25.2 Å². The molecule has 0 atom stereocenters. The number of morpholine rings is 1. The molecule has 0 spiro atoms. The lowest BCUT2D eigenvalue weighted by Crippen LogP contribution is -2.52. The highest BCUT2D eigenvalue weighted by molar-refractivity contribution is 5.94. The zero-order valence-corrected chi connectivity index (χ0v) is 17.1. The molecule has 0 aromatic heterocycles. The fourth-order valence-corrected chi connectivity index (χ4v) is 2.95. The monoisotopic (exact) mass is 391 g/mol. The van der Waals surface area contributed by atoms with Gasteiger partial charge in [0.05, 0.1) is 19.8 Å². The van der Waals surface area contributed by atoms with E-state index in [9.17, 15) is 9.90 Å². The molecule has 1 fully saturated rings. The smallest absolute Gasteiger partial charge is 0.251 e. The van der Waals surface area contributed by atoms with Crippen LogP contribution in [0.3, 0.4) is 0 Å². The molecule has 0 aliphatic carbocycles. The lowest BCUT2D eigenvalue weighted by Gasteiger charge is -2.39. The van der Waals surface area contributed by atoms with E-state index in [1.807, 2.05) is 6.92 Å². The molecule has 156 valence electrons. The summed E-state index contributed by atoms with van der Waals surface area (Å²) >= 11 is 0. The van der Waals surface area contributed by atoms with E-state index in [-0.39, 0.29) is 17.2 Å². The summed E-state index contributed by atoms with van der Waals surface area (Å²) in [6, 6.07) is 6.19. The number of aromatic hydroxyl groups is 1. The predicted molar refractivity (Wildman–Crippen MR) is 111 cm³/mol. The van der Waals surface area contributed by atoms with E-state index in [1.54, 1.807) is 12.1 Å². The second-order valence-corrected chi connectivity index (χ2v) is 7.34. The van der Waals surface area contributed by atoms with Crippen LogP contribution in [0, 0.1) is 0 Å². The van der Waals surface area contributed by atoms with E-state index in [4.69, 9.17) is 9.73 Å². The van der Waals surface area contributed by atoms with Gasteiger partial charge in [-0.1, -0.05) is 0 Å². The van der Waals surface area contributed by atoms with Crippen LogP contribution in [-0.4, -0.2) is 79.9 Å². The molecule has 8 nitrogen and oxygen atoms in total. The van der Waals surface area contributed by atoms with E-state index < -0.39 is 0 Å². The number of carbonyl (C=O) groups is 1. The average molecular weight is 392 g/mol. The fourth-order valence-electron chi connectivity index (χ4n) is 2.95. The van der Waals surface area contributed by atoms with Gasteiger partial charge >= 0.3 is 0 Å². The Bertz CT molecular complexity index is 640. The molecule has 1 aromatic rings. The SMILES string of the molecule is CCNC(=NCC(C)(C)N1CCOCC1)NCCNC(=O)c1ccc(O)cc1. The summed E-state index contributed by atoms with van der Waals surface area (Å²) in [6.45, 7) is 12.3. The quantitative estimate of drug-likeness (QED) is 0.297. The van der Waals surface area contributed by atoms with E-state index in [2.05, 4.69) is 34.7 Å². The molecule has 1 aliphatic rings. The Morgan fingerprint density at radius 1 is 1.14 bits per heavy atom. The summed E-state index contributed by atoms with van der Waals surface area (Å²) < 4.78 is 5.43. The van der Waals surface area contributed by atoms with E-state index >= 15 is 0 Å². The van der Waals surface area contributed by atoms with Gasteiger partial charge in [-0.05, 0) is 45.0 Å². The Hall–Kier alpha value is -2.32. The van der Waals surface area contributed by atoms with E-state index in [0.717, 1.165) is 38.8 Å².